The molecule has 0 radical (unpaired) electrons. The van der Waals surface area contributed by atoms with Gasteiger partial charge in [0.25, 0.3) is 5.91 Å². The number of benzene rings is 1. The van der Waals surface area contributed by atoms with Gasteiger partial charge >= 0.3 is 0 Å². The molecule has 0 aliphatic carbocycles. The third-order valence-electron chi connectivity index (χ3n) is 3.71. The molecule has 2 heterocycles. The molecule has 1 aliphatic rings. The molecule has 0 unspecified atom stereocenters. The first kappa shape index (κ1) is 14.8. The molecular weight excluding hydrogens is 298 g/mol. The van der Waals surface area contributed by atoms with Crippen molar-refractivity contribution < 1.29 is 9.53 Å². The molecule has 5 nitrogen and oxygen atoms in total. The number of rotatable bonds is 4. The van der Waals surface area contributed by atoms with Crippen LogP contribution in [0.1, 0.15) is 29.8 Å². The topological polar surface area (TPSA) is 54.5 Å². The summed E-state index contributed by atoms with van der Waals surface area (Å²) in [6, 6.07) is 7.62. The van der Waals surface area contributed by atoms with Gasteiger partial charge in [0.1, 0.15) is 11.4 Å². The molecular formula is C16H19N3O2S. The molecule has 22 heavy (non-hydrogen) atoms. The Morgan fingerprint density at radius 3 is 2.64 bits per heavy atom. The van der Waals surface area contributed by atoms with Gasteiger partial charge in [-0.05, 0) is 43.5 Å². The number of thiazole rings is 1. The van der Waals surface area contributed by atoms with Crippen molar-refractivity contribution in [2.24, 2.45) is 0 Å². The van der Waals surface area contributed by atoms with Crippen molar-refractivity contribution in [1.29, 1.82) is 0 Å². The van der Waals surface area contributed by atoms with Gasteiger partial charge in [-0.15, -0.1) is 11.3 Å². The van der Waals surface area contributed by atoms with Gasteiger partial charge in [-0.25, -0.2) is 4.98 Å². The smallest absolute Gasteiger partial charge is 0.273 e. The lowest BCUT2D eigenvalue weighted by atomic mass is 10.1. The van der Waals surface area contributed by atoms with Crippen LogP contribution in [0.5, 0.6) is 5.75 Å². The number of piperidine rings is 1. The highest BCUT2D eigenvalue weighted by Gasteiger charge is 2.20. The van der Waals surface area contributed by atoms with E-state index in [-0.39, 0.29) is 5.91 Å². The summed E-state index contributed by atoms with van der Waals surface area (Å²) in [5.74, 6) is 0.851. The Balaban J connectivity index is 1.66. The minimum atomic E-state index is 0.0405. The summed E-state index contributed by atoms with van der Waals surface area (Å²) in [4.78, 5) is 18.7. The number of anilines is 2. The van der Waals surface area contributed by atoms with Crippen LogP contribution in [0.2, 0.25) is 0 Å². The monoisotopic (exact) mass is 317 g/mol. The number of nitrogens with zero attached hydrogens (tertiary/aromatic N) is 2. The fraction of sp³-hybridized carbons (Fsp3) is 0.375. The number of amides is 1. The van der Waals surface area contributed by atoms with E-state index in [1.165, 1.54) is 17.8 Å². The van der Waals surface area contributed by atoms with Gasteiger partial charge in [-0.3, -0.25) is 4.79 Å². The number of likely N-dealkylation sites (tertiary alicyclic amines) is 1. The van der Waals surface area contributed by atoms with Gasteiger partial charge in [0, 0.05) is 24.2 Å². The zero-order valence-electron chi connectivity index (χ0n) is 12.5. The van der Waals surface area contributed by atoms with Crippen LogP contribution in [0.3, 0.4) is 0 Å². The van der Waals surface area contributed by atoms with Crippen LogP contribution >= 0.6 is 11.3 Å². The van der Waals surface area contributed by atoms with Crippen molar-refractivity contribution >= 4 is 28.1 Å². The number of ether oxygens (including phenoxy) is 1. The van der Waals surface area contributed by atoms with Gasteiger partial charge in [-0.1, -0.05) is 0 Å². The maximum atomic E-state index is 12.4. The largest absolute Gasteiger partial charge is 0.497 e. The molecule has 1 N–H and O–H groups in total. The third-order valence-corrected chi connectivity index (χ3v) is 4.47. The van der Waals surface area contributed by atoms with Crippen LogP contribution in [-0.2, 0) is 0 Å². The molecule has 1 amide bonds. The van der Waals surface area contributed by atoms with Crippen LogP contribution < -0.4 is 10.1 Å². The van der Waals surface area contributed by atoms with Crippen molar-refractivity contribution in [2.45, 2.75) is 19.3 Å². The van der Waals surface area contributed by atoms with E-state index in [0.717, 1.165) is 42.5 Å². The number of carbonyl (C=O) groups is 1. The number of hydrogen-bond donors (Lipinski definition) is 1. The SMILES string of the molecule is COc1ccc(Nc2nc(C(=O)N3CCCCC3)cs2)cc1. The minimum absolute atomic E-state index is 0.0405. The highest BCUT2D eigenvalue weighted by Crippen LogP contribution is 2.24. The average Bonchev–Trinajstić information content (AvgIpc) is 3.04. The second-order valence-corrected chi connectivity index (χ2v) is 6.10. The highest BCUT2D eigenvalue weighted by molar-refractivity contribution is 7.14. The Morgan fingerprint density at radius 1 is 1.23 bits per heavy atom. The fourth-order valence-corrected chi connectivity index (χ4v) is 3.19. The molecule has 6 heteroatoms. The standard InChI is InChI=1S/C16H19N3O2S/c1-21-13-7-5-12(6-8-13)17-16-18-14(11-22-16)15(20)19-9-3-2-4-10-19/h5-8,11H,2-4,9-10H2,1H3,(H,17,18). The maximum Gasteiger partial charge on any atom is 0.273 e. The van der Waals surface area contributed by atoms with Crippen molar-refractivity contribution in [1.82, 2.24) is 9.88 Å². The Bertz CT molecular complexity index is 633. The predicted molar refractivity (Wildman–Crippen MR) is 88.1 cm³/mol. The summed E-state index contributed by atoms with van der Waals surface area (Å²) >= 11 is 1.45. The van der Waals surface area contributed by atoms with E-state index in [1.54, 1.807) is 7.11 Å². The van der Waals surface area contributed by atoms with Crippen molar-refractivity contribution in [3.05, 3.63) is 35.3 Å². The number of aromatic nitrogens is 1. The molecule has 0 bridgehead atoms. The van der Waals surface area contributed by atoms with E-state index in [0.29, 0.717) is 5.69 Å². The Kier molecular flexibility index (Phi) is 4.58. The number of carbonyl (C=O) groups excluding carboxylic acids is 1. The first-order valence-electron chi connectivity index (χ1n) is 7.42. The molecule has 116 valence electrons. The molecule has 1 fully saturated rings. The quantitative estimate of drug-likeness (QED) is 0.937. The normalized spacial score (nSPS) is 14.7. The Labute approximate surface area is 133 Å². The third kappa shape index (κ3) is 3.39. The van der Waals surface area contributed by atoms with Crippen molar-refractivity contribution in [3.8, 4) is 5.75 Å². The second-order valence-electron chi connectivity index (χ2n) is 5.24. The zero-order valence-corrected chi connectivity index (χ0v) is 13.4. The van der Waals surface area contributed by atoms with E-state index < -0.39 is 0 Å². The van der Waals surface area contributed by atoms with Gasteiger partial charge in [-0.2, -0.15) is 0 Å². The van der Waals surface area contributed by atoms with Crippen molar-refractivity contribution in [3.63, 3.8) is 0 Å². The lowest BCUT2D eigenvalue weighted by molar-refractivity contribution is 0.0719. The maximum absolute atomic E-state index is 12.4. The summed E-state index contributed by atoms with van der Waals surface area (Å²) in [7, 11) is 1.64. The number of hydrogen-bond acceptors (Lipinski definition) is 5. The Morgan fingerprint density at radius 2 is 1.95 bits per heavy atom. The van der Waals surface area contributed by atoms with Crippen LogP contribution in [0.4, 0.5) is 10.8 Å². The predicted octanol–water partition coefficient (Wildman–Crippen LogP) is 3.52. The summed E-state index contributed by atoms with van der Waals surface area (Å²) in [6.45, 7) is 1.69. The van der Waals surface area contributed by atoms with E-state index in [1.807, 2.05) is 34.5 Å². The van der Waals surface area contributed by atoms with Crippen LogP contribution in [0, 0.1) is 0 Å². The summed E-state index contributed by atoms with van der Waals surface area (Å²) in [5.41, 5.74) is 1.45. The number of methoxy groups -OCH3 is 1. The molecule has 0 spiro atoms. The van der Waals surface area contributed by atoms with Crippen LogP contribution in [0.25, 0.3) is 0 Å². The first-order valence-corrected chi connectivity index (χ1v) is 8.30. The second kappa shape index (κ2) is 6.79. The molecule has 0 saturated carbocycles. The van der Waals surface area contributed by atoms with Gasteiger partial charge in [0.15, 0.2) is 5.13 Å². The lowest BCUT2D eigenvalue weighted by Crippen LogP contribution is -2.35. The van der Waals surface area contributed by atoms with E-state index in [9.17, 15) is 4.79 Å². The zero-order chi connectivity index (χ0) is 15.4. The van der Waals surface area contributed by atoms with E-state index >= 15 is 0 Å². The van der Waals surface area contributed by atoms with Gasteiger partial charge < -0.3 is 15.0 Å². The average molecular weight is 317 g/mol. The summed E-state index contributed by atoms with van der Waals surface area (Å²) in [6.07, 6.45) is 3.39. The highest BCUT2D eigenvalue weighted by atomic mass is 32.1. The van der Waals surface area contributed by atoms with E-state index in [2.05, 4.69) is 10.3 Å². The Hall–Kier alpha value is -2.08. The molecule has 1 aliphatic heterocycles. The van der Waals surface area contributed by atoms with Gasteiger partial charge in [0.05, 0.1) is 7.11 Å². The van der Waals surface area contributed by atoms with Gasteiger partial charge in [0.2, 0.25) is 0 Å². The summed E-state index contributed by atoms with van der Waals surface area (Å²) in [5, 5.41) is 5.76. The molecule has 1 aromatic heterocycles. The molecule has 3 rings (SSSR count). The molecule has 1 aromatic carbocycles. The molecule has 2 aromatic rings. The molecule has 1 saturated heterocycles. The van der Waals surface area contributed by atoms with Crippen LogP contribution in [0.15, 0.2) is 29.6 Å². The minimum Gasteiger partial charge on any atom is -0.497 e. The van der Waals surface area contributed by atoms with Crippen molar-refractivity contribution in [2.75, 3.05) is 25.5 Å². The fourth-order valence-electron chi connectivity index (χ4n) is 2.49. The molecule has 0 atom stereocenters. The van der Waals surface area contributed by atoms with Crippen LogP contribution in [-0.4, -0.2) is 36.0 Å². The van der Waals surface area contributed by atoms with E-state index in [4.69, 9.17) is 4.74 Å². The first-order chi connectivity index (χ1) is 10.8. The lowest BCUT2D eigenvalue weighted by Gasteiger charge is -2.25. The number of nitrogens with one attached hydrogen (secondary N) is 1. The summed E-state index contributed by atoms with van der Waals surface area (Å²) < 4.78 is 5.13.